The molecule has 4 rings (SSSR count). The van der Waals surface area contributed by atoms with Crippen LogP contribution in [0, 0.1) is 11.3 Å². The lowest BCUT2D eigenvalue weighted by molar-refractivity contribution is -0.134. The van der Waals surface area contributed by atoms with Crippen LogP contribution in [0.5, 0.6) is 5.75 Å². The number of halogens is 2. The molecule has 28 heavy (non-hydrogen) atoms. The first-order chi connectivity index (χ1) is 13.4. The summed E-state index contributed by atoms with van der Waals surface area (Å²) >= 11 is 12.6. The van der Waals surface area contributed by atoms with Crippen molar-refractivity contribution in [2.75, 3.05) is 6.61 Å². The zero-order valence-corrected chi connectivity index (χ0v) is 17.0. The predicted octanol–water partition coefficient (Wildman–Crippen LogP) is 4.47. The molecule has 3 N–H and O–H groups in total. The summed E-state index contributed by atoms with van der Waals surface area (Å²) < 4.78 is 0. The molecule has 1 unspecified atom stereocenters. The summed E-state index contributed by atoms with van der Waals surface area (Å²) in [6.45, 7) is 1.83. The van der Waals surface area contributed by atoms with Gasteiger partial charge in [0, 0.05) is 22.0 Å². The maximum atomic E-state index is 12.8. The summed E-state index contributed by atoms with van der Waals surface area (Å²) in [6.07, 6.45) is 1.31. The molecule has 2 aromatic rings. The maximum absolute atomic E-state index is 12.8. The summed E-state index contributed by atoms with van der Waals surface area (Å²) in [5.74, 6) is 0.0307. The molecule has 1 aliphatic heterocycles. The lowest BCUT2D eigenvalue weighted by Crippen LogP contribution is -2.46. The van der Waals surface area contributed by atoms with Crippen LogP contribution in [-0.2, 0) is 4.79 Å². The number of aliphatic hydroxyl groups is 1. The molecule has 0 aromatic heterocycles. The fraction of sp³-hybridized carbons (Fsp3) is 0.409. The highest BCUT2D eigenvalue weighted by Gasteiger charge is 2.60. The molecule has 1 amide bonds. The van der Waals surface area contributed by atoms with Crippen molar-refractivity contribution in [3.05, 3.63) is 63.6 Å². The Kier molecular flexibility index (Phi) is 5.07. The molecular weight excluding hydrogens is 397 g/mol. The van der Waals surface area contributed by atoms with Crippen molar-refractivity contribution < 1.29 is 15.0 Å². The monoisotopic (exact) mass is 419 g/mol. The number of aliphatic hydroxyl groups excluding tert-OH is 1. The normalized spacial score (nSPS) is 32.1. The highest BCUT2D eigenvalue weighted by atomic mass is 35.5. The molecular formula is C22H23Cl2NO3. The van der Waals surface area contributed by atoms with Crippen LogP contribution < -0.4 is 5.32 Å². The average molecular weight is 420 g/mol. The van der Waals surface area contributed by atoms with E-state index in [1.807, 2.05) is 37.3 Å². The van der Waals surface area contributed by atoms with Crippen LogP contribution in [0.4, 0.5) is 0 Å². The van der Waals surface area contributed by atoms with Gasteiger partial charge < -0.3 is 15.5 Å². The third-order valence-electron chi connectivity index (χ3n) is 6.63. The molecule has 2 aromatic carbocycles. The van der Waals surface area contributed by atoms with Gasteiger partial charge in [-0.25, -0.2) is 0 Å². The molecule has 5 atom stereocenters. The molecule has 0 radical (unpaired) electrons. The standard InChI is InChI=1S/C22H23Cl2NO3/c1-12-20-19(13-2-4-14(23)5-3-13)17(16-7-6-15(27)10-18(16)24)8-9-22(20,11-26)21(28)25-12/h2-7,10,12,17,19-20,26-27H,8-9,11H2,1H3,(H,25,28)/t12-,17?,19+,20+,22+/m1/s1. The summed E-state index contributed by atoms with van der Waals surface area (Å²) in [6, 6.07) is 12.7. The van der Waals surface area contributed by atoms with Crippen LogP contribution in [0.2, 0.25) is 10.0 Å². The van der Waals surface area contributed by atoms with Crippen molar-refractivity contribution in [2.24, 2.45) is 11.3 Å². The first-order valence-corrected chi connectivity index (χ1v) is 10.3. The third kappa shape index (κ3) is 2.99. The SMILES string of the molecule is C[C@H]1NC(=O)[C@]2(CO)CCC(c3ccc(O)cc3Cl)[C@H](c3ccc(Cl)cc3)[C@H]12. The molecule has 1 saturated carbocycles. The number of carbonyl (C=O) groups is 1. The molecule has 148 valence electrons. The van der Waals surface area contributed by atoms with Crippen molar-refractivity contribution in [1.29, 1.82) is 0 Å². The molecule has 6 heteroatoms. The number of hydrogen-bond acceptors (Lipinski definition) is 3. The van der Waals surface area contributed by atoms with Gasteiger partial charge in [0.05, 0.1) is 12.0 Å². The van der Waals surface area contributed by atoms with Crippen LogP contribution >= 0.6 is 23.2 Å². The van der Waals surface area contributed by atoms with Gasteiger partial charge in [-0.1, -0.05) is 41.4 Å². The minimum absolute atomic E-state index is 0.0193. The smallest absolute Gasteiger partial charge is 0.229 e. The van der Waals surface area contributed by atoms with E-state index in [9.17, 15) is 15.0 Å². The first kappa shape index (κ1) is 19.6. The summed E-state index contributed by atoms with van der Waals surface area (Å²) in [4.78, 5) is 12.8. The van der Waals surface area contributed by atoms with Crippen LogP contribution in [0.15, 0.2) is 42.5 Å². The second-order valence-electron chi connectivity index (χ2n) is 8.03. The average Bonchev–Trinajstić information content (AvgIpc) is 2.93. The van der Waals surface area contributed by atoms with Crippen molar-refractivity contribution in [2.45, 2.75) is 37.6 Å². The largest absolute Gasteiger partial charge is 0.508 e. The number of benzene rings is 2. The summed E-state index contributed by atoms with van der Waals surface area (Å²) in [7, 11) is 0. The van der Waals surface area contributed by atoms with Gasteiger partial charge in [-0.15, -0.1) is 0 Å². The van der Waals surface area contributed by atoms with Crippen LogP contribution in [0.1, 0.15) is 42.7 Å². The van der Waals surface area contributed by atoms with E-state index in [4.69, 9.17) is 23.2 Å². The quantitative estimate of drug-likeness (QED) is 0.686. The Balaban J connectivity index is 1.87. The van der Waals surface area contributed by atoms with Gasteiger partial charge in [0.15, 0.2) is 0 Å². The number of amides is 1. The molecule has 0 bridgehead atoms. The molecule has 0 spiro atoms. The molecule has 1 heterocycles. The fourth-order valence-corrected chi connectivity index (χ4v) is 5.84. The number of phenols is 1. The van der Waals surface area contributed by atoms with Gasteiger partial charge in [-0.05, 0) is 67.0 Å². The van der Waals surface area contributed by atoms with E-state index in [0.717, 1.165) is 17.5 Å². The van der Waals surface area contributed by atoms with Gasteiger partial charge in [-0.2, -0.15) is 0 Å². The highest BCUT2D eigenvalue weighted by Crippen LogP contribution is 2.59. The number of hydrogen-bond donors (Lipinski definition) is 3. The Bertz CT molecular complexity index is 901. The summed E-state index contributed by atoms with van der Waals surface area (Å²) in [5.41, 5.74) is 1.24. The van der Waals surface area contributed by atoms with Crippen molar-refractivity contribution >= 4 is 29.1 Å². The lowest BCUT2D eigenvalue weighted by Gasteiger charge is -2.47. The lowest BCUT2D eigenvalue weighted by atomic mass is 9.55. The number of aromatic hydroxyl groups is 1. The van der Waals surface area contributed by atoms with Crippen molar-refractivity contribution in [3.63, 3.8) is 0 Å². The maximum Gasteiger partial charge on any atom is 0.229 e. The van der Waals surface area contributed by atoms with Crippen molar-refractivity contribution in [1.82, 2.24) is 5.32 Å². The Morgan fingerprint density at radius 1 is 1.18 bits per heavy atom. The number of phenolic OH excluding ortho intramolecular Hbond substituents is 1. The van der Waals surface area contributed by atoms with E-state index in [0.29, 0.717) is 16.5 Å². The van der Waals surface area contributed by atoms with E-state index in [1.165, 1.54) is 0 Å². The minimum atomic E-state index is -0.788. The zero-order chi connectivity index (χ0) is 20.1. The third-order valence-corrected chi connectivity index (χ3v) is 7.21. The molecule has 1 saturated heterocycles. The Morgan fingerprint density at radius 3 is 2.54 bits per heavy atom. The van der Waals surface area contributed by atoms with Gasteiger partial charge in [-0.3, -0.25) is 4.79 Å². The summed E-state index contributed by atoms with van der Waals surface area (Å²) in [5, 5.41) is 24.3. The minimum Gasteiger partial charge on any atom is -0.508 e. The topological polar surface area (TPSA) is 69.6 Å². The predicted molar refractivity (Wildman–Crippen MR) is 110 cm³/mol. The second kappa shape index (κ2) is 7.25. The highest BCUT2D eigenvalue weighted by molar-refractivity contribution is 6.31. The number of rotatable bonds is 3. The second-order valence-corrected chi connectivity index (χ2v) is 8.87. The molecule has 1 aliphatic carbocycles. The molecule has 2 aliphatic rings. The van der Waals surface area contributed by atoms with Crippen LogP contribution in [0.3, 0.4) is 0 Å². The Labute approximate surface area is 174 Å². The van der Waals surface area contributed by atoms with E-state index in [-0.39, 0.29) is 42.1 Å². The number of nitrogens with one attached hydrogen (secondary N) is 1. The van der Waals surface area contributed by atoms with Gasteiger partial charge in [0.1, 0.15) is 5.75 Å². The molecule has 4 nitrogen and oxygen atoms in total. The van der Waals surface area contributed by atoms with Gasteiger partial charge in [0.2, 0.25) is 5.91 Å². The number of carbonyl (C=O) groups excluding carboxylic acids is 1. The van der Waals surface area contributed by atoms with E-state index >= 15 is 0 Å². The van der Waals surface area contributed by atoms with Gasteiger partial charge in [0.25, 0.3) is 0 Å². The Hall–Kier alpha value is -1.75. The van der Waals surface area contributed by atoms with Crippen LogP contribution in [-0.4, -0.2) is 28.8 Å². The zero-order valence-electron chi connectivity index (χ0n) is 15.5. The Morgan fingerprint density at radius 2 is 1.89 bits per heavy atom. The van der Waals surface area contributed by atoms with Crippen molar-refractivity contribution in [3.8, 4) is 5.75 Å². The first-order valence-electron chi connectivity index (χ1n) is 9.53. The fourth-order valence-electron chi connectivity index (χ4n) is 5.39. The van der Waals surface area contributed by atoms with E-state index in [1.54, 1.807) is 12.1 Å². The van der Waals surface area contributed by atoms with E-state index in [2.05, 4.69) is 5.32 Å². The molecule has 2 fully saturated rings. The number of fused-ring (bicyclic) bond motifs is 1. The van der Waals surface area contributed by atoms with E-state index < -0.39 is 5.41 Å². The van der Waals surface area contributed by atoms with Crippen LogP contribution in [0.25, 0.3) is 0 Å². The van der Waals surface area contributed by atoms with Gasteiger partial charge >= 0.3 is 0 Å².